The van der Waals surface area contributed by atoms with Crippen molar-refractivity contribution >= 4 is 17.4 Å². The molecular formula is C16H15N5O2S. The van der Waals surface area contributed by atoms with Gasteiger partial charge in [-0.1, -0.05) is 23.9 Å². The Labute approximate surface area is 142 Å². The van der Waals surface area contributed by atoms with E-state index in [1.54, 1.807) is 24.5 Å². The first kappa shape index (κ1) is 16.1. The third kappa shape index (κ3) is 3.43. The van der Waals surface area contributed by atoms with E-state index in [-0.39, 0.29) is 10.6 Å². The highest BCUT2D eigenvalue weighted by Gasteiger charge is 2.13. The smallest absolute Gasteiger partial charge is 0.269 e. The molecule has 0 saturated heterocycles. The van der Waals surface area contributed by atoms with Crippen LogP contribution in [0.4, 0.5) is 5.69 Å². The fourth-order valence-electron chi connectivity index (χ4n) is 2.30. The monoisotopic (exact) mass is 341 g/mol. The van der Waals surface area contributed by atoms with Crippen LogP contribution in [0.3, 0.4) is 0 Å². The van der Waals surface area contributed by atoms with E-state index in [1.807, 2.05) is 29.7 Å². The largest absolute Gasteiger partial charge is 0.302 e. The van der Waals surface area contributed by atoms with Gasteiger partial charge in [0.2, 0.25) is 0 Å². The standard InChI is InChI=1S/C16H15N5O2S/c1-2-20-15(13-6-8-17-9-7-13)18-19-16(20)24-11-12-4-3-5-14(10-12)21(22)23/h3-10H,2,11H2,1H3. The Balaban J connectivity index is 1.80. The fraction of sp³-hybridized carbons (Fsp3) is 0.188. The molecule has 122 valence electrons. The van der Waals surface area contributed by atoms with Gasteiger partial charge in [-0.3, -0.25) is 15.1 Å². The first-order valence-corrected chi connectivity index (χ1v) is 8.37. The number of nitrogens with zero attached hydrogens (tertiary/aromatic N) is 5. The maximum absolute atomic E-state index is 10.9. The predicted octanol–water partition coefficient (Wildman–Crippen LogP) is 3.56. The molecular weight excluding hydrogens is 326 g/mol. The van der Waals surface area contributed by atoms with Crippen molar-refractivity contribution in [2.24, 2.45) is 0 Å². The number of nitro groups is 1. The number of non-ortho nitro benzene ring substituents is 1. The summed E-state index contributed by atoms with van der Waals surface area (Å²) in [6, 6.07) is 10.4. The highest BCUT2D eigenvalue weighted by molar-refractivity contribution is 7.98. The van der Waals surface area contributed by atoms with Crippen LogP contribution in [-0.2, 0) is 12.3 Å². The summed E-state index contributed by atoms with van der Waals surface area (Å²) in [7, 11) is 0. The molecule has 24 heavy (non-hydrogen) atoms. The molecule has 0 aliphatic heterocycles. The third-order valence-electron chi connectivity index (χ3n) is 3.46. The number of rotatable bonds is 6. The lowest BCUT2D eigenvalue weighted by atomic mass is 10.2. The summed E-state index contributed by atoms with van der Waals surface area (Å²) >= 11 is 1.51. The lowest BCUT2D eigenvalue weighted by molar-refractivity contribution is -0.384. The number of hydrogen-bond donors (Lipinski definition) is 0. The number of thioether (sulfide) groups is 1. The van der Waals surface area contributed by atoms with E-state index in [4.69, 9.17) is 0 Å². The van der Waals surface area contributed by atoms with Gasteiger partial charge in [-0.2, -0.15) is 0 Å². The summed E-state index contributed by atoms with van der Waals surface area (Å²) in [5.74, 6) is 1.39. The molecule has 0 unspecified atom stereocenters. The van der Waals surface area contributed by atoms with Gasteiger partial charge in [0.1, 0.15) is 0 Å². The van der Waals surface area contributed by atoms with Crippen molar-refractivity contribution in [3.05, 3.63) is 64.5 Å². The molecule has 2 aromatic heterocycles. The molecule has 3 rings (SSSR count). The molecule has 0 spiro atoms. The van der Waals surface area contributed by atoms with Crippen molar-refractivity contribution < 1.29 is 4.92 Å². The van der Waals surface area contributed by atoms with Crippen LogP contribution < -0.4 is 0 Å². The lowest BCUT2D eigenvalue weighted by Gasteiger charge is -2.07. The highest BCUT2D eigenvalue weighted by atomic mass is 32.2. The van der Waals surface area contributed by atoms with Crippen LogP contribution in [-0.4, -0.2) is 24.7 Å². The average molecular weight is 341 g/mol. The summed E-state index contributed by atoms with van der Waals surface area (Å²) < 4.78 is 2.03. The molecule has 7 nitrogen and oxygen atoms in total. The molecule has 1 aromatic carbocycles. The van der Waals surface area contributed by atoms with E-state index in [0.29, 0.717) is 5.75 Å². The van der Waals surface area contributed by atoms with Gasteiger partial charge in [0.25, 0.3) is 5.69 Å². The summed E-state index contributed by atoms with van der Waals surface area (Å²) in [6.07, 6.45) is 3.44. The van der Waals surface area contributed by atoms with Crippen LogP contribution in [0.15, 0.2) is 53.9 Å². The van der Waals surface area contributed by atoms with E-state index in [1.165, 1.54) is 17.8 Å². The van der Waals surface area contributed by atoms with Gasteiger partial charge >= 0.3 is 0 Å². The predicted molar refractivity (Wildman–Crippen MR) is 91.6 cm³/mol. The summed E-state index contributed by atoms with van der Waals surface area (Å²) in [5, 5.41) is 20.2. The molecule has 0 amide bonds. The van der Waals surface area contributed by atoms with Gasteiger partial charge in [-0.15, -0.1) is 10.2 Å². The quantitative estimate of drug-likeness (QED) is 0.387. The molecule has 2 heterocycles. The second-order valence-corrected chi connectivity index (χ2v) is 5.94. The van der Waals surface area contributed by atoms with E-state index >= 15 is 0 Å². The Morgan fingerprint density at radius 2 is 2.00 bits per heavy atom. The topological polar surface area (TPSA) is 86.7 Å². The number of benzene rings is 1. The van der Waals surface area contributed by atoms with Gasteiger partial charge in [0.05, 0.1) is 4.92 Å². The zero-order valence-electron chi connectivity index (χ0n) is 13.0. The Morgan fingerprint density at radius 1 is 1.21 bits per heavy atom. The maximum Gasteiger partial charge on any atom is 0.269 e. The minimum atomic E-state index is -0.385. The SMILES string of the molecule is CCn1c(SCc2cccc([N+](=O)[O-])c2)nnc1-c1ccncc1. The zero-order valence-corrected chi connectivity index (χ0v) is 13.8. The second kappa shape index (κ2) is 7.22. The second-order valence-electron chi connectivity index (χ2n) is 5.00. The molecule has 3 aromatic rings. The van der Waals surface area contributed by atoms with Gasteiger partial charge in [0, 0.05) is 42.4 Å². The van der Waals surface area contributed by atoms with Gasteiger partial charge < -0.3 is 4.57 Å². The number of nitro benzene ring substituents is 1. The van der Waals surface area contributed by atoms with Crippen LogP contribution in [0.2, 0.25) is 0 Å². The van der Waals surface area contributed by atoms with Crippen LogP contribution in [0.1, 0.15) is 12.5 Å². The lowest BCUT2D eigenvalue weighted by Crippen LogP contribution is -2.00. The molecule has 0 radical (unpaired) electrons. The fourth-order valence-corrected chi connectivity index (χ4v) is 3.25. The van der Waals surface area contributed by atoms with Crippen molar-refractivity contribution in [2.45, 2.75) is 24.4 Å². The molecule has 0 N–H and O–H groups in total. The Morgan fingerprint density at radius 3 is 2.71 bits per heavy atom. The molecule has 0 fully saturated rings. The van der Waals surface area contributed by atoms with E-state index in [9.17, 15) is 10.1 Å². The normalized spacial score (nSPS) is 10.7. The highest BCUT2D eigenvalue weighted by Crippen LogP contribution is 2.27. The van der Waals surface area contributed by atoms with Crippen molar-refractivity contribution in [2.75, 3.05) is 0 Å². The molecule has 8 heteroatoms. The first-order chi connectivity index (χ1) is 11.7. The minimum absolute atomic E-state index is 0.0996. The van der Waals surface area contributed by atoms with Crippen molar-refractivity contribution in [3.8, 4) is 11.4 Å². The summed E-state index contributed by atoms with van der Waals surface area (Å²) in [4.78, 5) is 14.5. The van der Waals surface area contributed by atoms with Gasteiger partial charge in [0.15, 0.2) is 11.0 Å². The van der Waals surface area contributed by atoms with Crippen LogP contribution in [0.5, 0.6) is 0 Å². The Bertz CT molecular complexity index is 851. The average Bonchev–Trinajstić information content (AvgIpc) is 3.04. The molecule has 0 aliphatic rings. The zero-order chi connectivity index (χ0) is 16.9. The van der Waals surface area contributed by atoms with Crippen LogP contribution >= 0.6 is 11.8 Å². The summed E-state index contributed by atoms with van der Waals surface area (Å²) in [6.45, 7) is 2.77. The maximum atomic E-state index is 10.9. The molecule has 0 aliphatic carbocycles. The third-order valence-corrected chi connectivity index (χ3v) is 4.50. The molecule has 0 bridgehead atoms. The Kier molecular flexibility index (Phi) is 4.85. The molecule has 0 atom stereocenters. The molecule has 0 saturated carbocycles. The van der Waals surface area contributed by atoms with Crippen LogP contribution in [0, 0.1) is 10.1 Å². The first-order valence-electron chi connectivity index (χ1n) is 7.38. The van der Waals surface area contributed by atoms with Gasteiger partial charge in [-0.05, 0) is 24.6 Å². The van der Waals surface area contributed by atoms with Gasteiger partial charge in [-0.25, -0.2) is 0 Å². The van der Waals surface area contributed by atoms with Crippen LogP contribution in [0.25, 0.3) is 11.4 Å². The number of pyridine rings is 1. The minimum Gasteiger partial charge on any atom is -0.302 e. The van der Waals surface area contributed by atoms with E-state index in [2.05, 4.69) is 15.2 Å². The summed E-state index contributed by atoms with van der Waals surface area (Å²) in [5.41, 5.74) is 1.94. The van der Waals surface area contributed by atoms with Crippen molar-refractivity contribution in [1.29, 1.82) is 0 Å². The van der Waals surface area contributed by atoms with E-state index in [0.717, 1.165) is 28.7 Å². The van der Waals surface area contributed by atoms with Crippen molar-refractivity contribution in [1.82, 2.24) is 19.7 Å². The van der Waals surface area contributed by atoms with E-state index < -0.39 is 0 Å². The van der Waals surface area contributed by atoms with Crippen molar-refractivity contribution in [3.63, 3.8) is 0 Å². The Hall–Kier alpha value is -2.74. The number of hydrogen-bond acceptors (Lipinski definition) is 6. The number of aromatic nitrogens is 4.